The molecule has 5 nitrogen and oxygen atoms in total. The van der Waals surface area contributed by atoms with Crippen LogP contribution in [0.25, 0.3) is 0 Å². The minimum Gasteiger partial charge on any atom is -0.328 e. The van der Waals surface area contributed by atoms with Gasteiger partial charge in [0.1, 0.15) is 0 Å². The van der Waals surface area contributed by atoms with Gasteiger partial charge in [0.15, 0.2) is 0 Å². The fourth-order valence-corrected chi connectivity index (χ4v) is 2.76. The van der Waals surface area contributed by atoms with E-state index in [1.165, 1.54) is 0 Å². The third kappa shape index (κ3) is 3.52. The van der Waals surface area contributed by atoms with E-state index in [0.29, 0.717) is 18.6 Å². The van der Waals surface area contributed by atoms with Gasteiger partial charge in [0, 0.05) is 30.3 Å². The molecule has 0 atom stereocenters. The van der Waals surface area contributed by atoms with Crippen LogP contribution in [-0.2, 0) is 6.54 Å². The van der Waals surface area contributed by atoms with Crippen molar-refractivity contribution in [2.45, 2.75) is 44.3 Å². The number of hydrogen-bond acceptors (Lipinski definition) is 4. The number of benzene rings is 1. The summed E-state index contributed by atoms with van der Waals surface area (Å²) in [5.41, 5.74) is 6.90. The normalized spacial score (nSPS) is 23.5. The number of nitrogens with zero attached hydrogens (tertiary/aromatic N) is 2. The van der Waals surface area contributed by atoms with E-state index in [-0.39, 0.29) is 10.6 Å². The van der Waals surface area contributed by atoms with Crippen LogP contribution < -0.4 is 5.73 Å². The standard InChI is InChI=1S/C14H21N3O2/c1-16(13-8-6-12(15)7-9-13)10-11-4-2-3-5-14(11)17(18)19/h2-5,12-13H,6-10,15H2,1H3. The number of para-hydroxylation sites is 1. The van der Waals surface area contributed by atoms with Gasteiger partial charge >= 0.3 is 0 Å². The van der Waals surface area contributed by atoms with Crippen LogP contribution in [0, 0.1) is 10.1 Å². The molecular weight excluding hydrogens is 242 g/mol. The molecule has 0 amide bonds. The molecule has 1 fully saturated rings. The number of rotatable bonds is 4. The van der Waals surface area contributed by atoms with E-state index in [1.807, 2.05) is 19.2 Å². The summed E-state index contributed by atoms with van der Waals surface area (Å²) in [5, 5.41) is 11.0. The van der Waals surface area contributed by atoms with Gasteiger partial charge in [0.25, 0.3) is 5.69 Å². The SMILES string of the molecule is CN(Cc1ccccc1[N+](=O)[O-])C1CCC(N)CC1. The average Bonchev–Trinajstić information content (AvgIpc) is 2.39. The highest BCUT2D eigenvalue weighted by atomic mass is 16.6. The van der Waals surface area contributed by atoms with E-state index in [1.54, 1.807) is 12.1 Å². The Hall–Kier alpha value is -1.46. The number of nitrogens with two attached hydrogens (primary N) is 1. The molecule has 0 unspecified atom stereocenters. The monoisotopic (exact) mass is 263 g/mol. The van der Waals surface area contributed by atoms with Crippen molar-refractivity contribution in [3.05, 3.63) is 39.9 Å². The first-order chi connectivity index (χ1) is 9.08. The van der Waals surface area contributed by atoms with Crippen molar-refractivity contribution < 1.29 is 4.92 Å². The van der Waals surface area contributed by atoms with Crippen molar-refractivity contribution in [3.63, 3.8) is 0 Å². The number of hydrogen-bond donors (Lipinski definition) is 1. The molecule has 0 radical (unpaired) electrons. The Bertz CT molecular complexity index is 442. The molecule has 104 valence electrons. The highest BCUT2D eigenvalue weighted by Crippen LogP contribution is 2.25. The van der Waals surface area contributed by atoms with E-state index in [2.05, 4.69) is 4.90 Å². The van der Waals surface area contributed by atoms with Crippen LogP contribution in [0.3, 0.4) is 0 Å². The largest absolute Gasteiger partial charge is 0.328 e. The molecule has 0 bridgehead atoms. The molecule has 1 saturated carbocycles. The Labute approximate surface area is 113 Å². The zero-order chi connectivity index (χ0) is 13.8. The van der Waals surface area contributed by atoms with Crippen molar-refractivity contribution in [3.8, 4) is 0 Å². The van der Waals surface area contributed by atoms with Gasteiger partial charge in [0.05, 0.1) is 4.92 Å². The molecule has 0 heterocycles. The maximum Gasteiger partial charge on any atom is 0.273 e. The smallest absolute Gasteiger partial charge is 0.273 e. The summed E-state index contributed by atoms with van der Waals surface area (Å²) in [7, 11) is 2.04. The Morgan fingerprint density at radius 3 is 2.58 bits per heavy atom. The van der Waals surface area contributed by atoms with Crippen molar-refractivity contribution in [2.75, 3.05) is 7.05 Å². The van der Waals surface area contributed by atoms with Gasteiger partial charge in [-0.25, -0.2) is 0 Å². The molecule has 1 aliphatic carbocycles. The highest BCUT2D eigenvalue weighted by molar-refractivity contribution is 5.39. The number of nitro groups is 1. The molecule has 5 heteroatoms. The topological polar surface area (TPSA) is 72.4 Å². The minimum atomic E-state index is -0.306. The Balaban J connectivity index is 2.02. The van der Waals surface area contributed by atoms with Crippen LogP contribution in [0.1, 0.15) is 31.2 Å². The summed E-state index contributed by atoms with van der Waals surface area (Å²) in [6, 6.07) is 7.78. The lowest BCUT2D eigenvalue weighted by Crippen LogP contribution is -2.38. The summed E-state index contributed by atoms with van der Waals surface area (Å²) in [4.78, 5) is 12.9. The van der Waals surface area contributed by atoms with Gasteiger partial charge < -0.3 is 5.73 Å². The van der Waals surface area contributed by atoms with E-state index in [0.717, 1.165) is 31.2 Å². The lowest BCUT2D eigenvalue weighted by atomic mass is 9.91. The molecule has 19 heavy (non-hydrogen) atoms. The van der Waals surface area contributed by atoms with Crippen molar-refractivity contribution in [2.24, 2.45) is 5.73 Å². The Kier molecular flexibility index (Phi) is 4.50. The van der Waals surface area contributed by atoms with Crippen LogP contribution in [0.4, 0.5) is 5.69 Å². The van der Waals surface area contributed by atoms with Gasteiger partial charge in [-0.2, -0.15) is 0 Å². The first kappa shape index (κ1) is 14.0. The van der Waals surface area contributed by atoms with Gasteiger partial charge in [-0.05, 0) is 32.7 Å². The van der Waals surface area contributed by atoms with Gasteiger partial charge in [-0.1, -0.05) is 18.2 Å². The summed E-state index contributed by atoms with van der Waals surface area (Å²) in [6.07, 6.45) is 4.26. The molecule has 0 saturated heterocycles. The zero-order valence-electron chi connectivity index (χ0n) is 11.3. The molecule has 2 N–H and O–H groups in total. The maximum absolute atomic E-state index is 11.0. The molecule has 2 rings (SSSR count). The predicted molar refractivity (Wildman–Crippen MR) is 74.8 cm³/mol. The molecule has 0 aromatic heterocycles. The van der Waals surface area contributed by atoms with E-state index in [4.69, 9.17) is 5.73 Å². The third-order valence-corrected chi connectivity index (χ3v) is 3.97. The number of nitro benzene ring substituents is 1. The molecule has 1 aliphatic rings. The second-order valence-corrected chi connectivity index (χ2v) is 5.37. The van der Waals surface area contributed by atoms with Crippen LogP contribution in [0.2, 0.25) is 0 Å². The van der Waals surface area contributed by atoms with Crippen molar-refractivity contribution >= 4 is 5.69 Å². The summed E-state index contributed by atoms with van der Waals surface area (Å²) in [6.45, 7) is 0.622. The average molecular weight is 263 g/mol. The van der Waals surface area contributed by atoms with Gasteiger partial charge in [-0.3, -0.25) is 15.0 Å². The van der Waals surface area contributed by atoms with Crippen LogP contribution in [0.5, 0.6) is 0 Å². The summed E-state index contributed by atoms with van der Waals surface area (Å²) in [5.74, 6) is 0. The maximum atomic E-state index is 11.0. The van der Waals surface area contributed by atoms with Crippen LogP contribution in [0.15, 0.2) is 24.3 Å². The first-order valence-corrected chi connectivity index (χ1v) is 6.76. The Morgan fingerprint density at radius 1 is 1.32 bits per heavy atom. The van der Waals surface area contributed by atoms with Gasteiger partial charge in [0.2, 0.25) is 0 Å². The predicted octanol–water partition coefficient (Wildman–Crippen LogP) is 2.30. The highest BCUT2D eigenvalue weighted by Gasteiger charge is 2.23. The van der Waals surface area contributed by atoms with Gasteiger partial charge in [-0.15, -0.1) is 0 Å². The fraction of sp³-hybridized carbons (Fsp3) is 0.571. The van der Waals surface area contributed by atoms with E-state index < -0.39 is 0 Å². The quantitative estimate of drug-likeness (QED) is 0.668. The van der Waals surface area contributed by atoms with E-state index in [9.17, 15) is 10.1 Å². The molecule has 1 aromatic rings. The molecular formula is C14H21N3O2. The van der Waals surface area contributed by atoms with Crippen LogP contribution >= 0.6 is 0 Å². The fourth-order valence-electron chi connectivity index (χ4n) is 2.76. The van der Waals surface area contributed by atoms with E-state index >= 15 is 0 Å². The third-order valence-electron chi connectivity index (χ3n) is 3.97. The molecule has 0 aliphatic heterocycles. The minimum absolute atomic E-state index is 0.210. The Morgan fingerprint density at radius 2 is 1.95 bits per heavy atom. The van der Waals surface area contributed by atoms with Crippen LogP contribution in [-0.4, -0.2) is 29.0 Å². The summed E-state index contributed by atoms with van der Waals surface area (Å²) < 4.78 is 0. The second kappa shape index (κ2) is 6.12. The second-order valence-electron chi connectivity index (χ2n) is 5.37. The van der Waals surface area contributed by atoms with Crippen molar-refractivity contribution in [1.82, 2.24) is 4.90 Å². The summed E-state index contributed by atoms with van der Waals surface area (Å²) >= 11 is 0. The lowest BCUT2D eigenvalue weighted by Gasteiger charge is -2.33. The zero-order valence-corrected chi connectivity index (χ0v) is 11.3. The molecule has 1 aromatic carbocycles. The first-order valence-electron chi connectivity index (χ1n) is 6.76. The van der Waals surface area contributed by atoms with Crippen molar-refractivity contribution in [1.29, 1.82) is 0 Å². The molecule has 0 spiro atoms. The lowest BCUT2D eigenvalue weighted by molar-refractivity contribution is -0.385.